The molecule has 0 saturated heterocycles. The minimum atomic E-state index is -1.48. The highest BCUT2D eigenvalue weighted by Crippen LogP contribution is 2.47. The van der Waals surface area contributed by atoms with Crippen molar-refractivity contribution in [2.75, 3.05) is 0 Å². The minimum Gasteiger partial charge on any atom is -0.456 e. The molecule has 0 fully saturated rings. The van der Waals surface area contributed by atoms with Crippen LogP contribution in [0.2, 0.25) is 0 Å². The van der Waals surface area contributed by atoms with Gasteiger partial charge in [-0.1, -0.05) is 113 Å². The first kappa shape index (κ1) is 23.0. The SMILES string of the molecule is CCCCCCCCCCCCCc1ccc(OC2=C[SH]([O])c3ccccc32)cc1. The van der Waals surface area contributed by atoms with Crippen LogP contribution in [0, 0.1) is 0 Å². The van der Waals surface area contributed by atoms with Crippen LogP contribution in [0.5, 0.6) is 5.75 Å². The van der Waals surface area contributed by atoms with Gasteiger partial charge in [0.1, 0.15) is 11.5 Å². The summed E-state index contributed by atoms with van der Waals surface area (Å²) in [6, 6.07) is 16.2. The van der Waals surface area contributed by atoms with Gasteiger partial charge in [0, 0.05) is 15.9 Å². The molecule has 1 radical (unpaired) electrons. The number of hydrogen-bond acceptors (Lipinski definition) is 1. The van der Waals surface area contributed by atoms with E-state index in [0.29, 0.717) is 5.76 Å². The van der Waals surface area contributed by atoms with Crippen LogP contribution in [0.4, 0.5) is 0 Å². The van der Waals surface area contributed by atoms with Crippen LogP contribution in [0.15, 0.2) is 58.8 Å². The number of rotatable bonds is 14. The zero-order chi connectivity index (χ0) is 21.0. The van der Waals surface area contributed by atoms with Gasteiger partial charge < -0.3 is 4.74 Å². The third kappa shape index (κ3) is 7.21. The molecule has 30 heavy (non-hydrogen) atoms. The van der Waals surface area contributed by atoms with Gasteiger partial charge in [-0.15, -0.1) is 0 Å². The molecular weight excluding hydrogens is 388 g/mol. The predicted octanol–water partition coefficient (Wildman–Crippen LogP) is 8.64. The number of hydrogen-bond donors (Lipinski definition) is 1. The van der Waals surface area contributed by atoms with Gasteiger partial charge in [-0.3, -0.25) is 0 Å². The molecule has 1 heterocycles. The summed E-state index contributed by atoms with van der Waals surface area (Å²) < 4.78 is 18.2. The van der Waals surface area contributed by atoms with Gasteiger partial charge in [-0.25, -0.2) is 0 Å². The summed E-state index contributed by atoms with van der Waals surface area (Å²) in [5, 5.41) is 1.74. The van der Waals surface area contributed by atoms with E-state index in [1.807, 2.05) is 36.4 Å². The number of fused-ring (bicyclic) bond motifs is 1. The lowest BCUT2D eigenvalue weighted by Crippen LogP contribution is -1.93. The molecule has 0 aliphatic carbocycles. The third-order valence-corrected chi connectivity index (χ3v) is 7.20. The normalized spacial score (nSPS) is 16.3. The van der Waals surface area contributed by atoms with Crippen LogP contribution >= 0.6 is 11.2 Å². The first-order valence-electron chi connectivity index (χ1n) is 11.8. The second kappa shape index (κ2) is 12.9. The standard InChI is InChI=1S/C27H37O2S/c1-2-3-4-5-6-7-8-9-10-11-12-15-23-18-20-24(21-19-23)29-26-22-30(28)27-17-14-13-16-25(26)27/h13-14,16-22,30H,2-12,15H2,1H3. The largest absolute Gasteiger partial charge is 0.456 e. The molecule has 3 heteroatoms. The van der Waals surface area contributed by atoms with Crippen LogP contribution in [0.3, 0.4) is 0 Å². The van der Waals surface area contributed by atoms with E-state index in [-0.39, 0.29) is 0 Å². The Morgan fingerprint density at radius 2 is 1.33 bits per heavy atom. The van der Waals surface area contributed by atoms with Gasteiger partial charge in [0.05, 0.1) is 0 Å². The van der Waals surface area contributed by atoms with Crippen LogP contribution in [0.1, 0.15) is 88.7 Å². The topological polar surface area (TPSA) is 29.1 Å². The van der Waals surface area contributed by atoms with E-state index in [4.69, 9.17) is 4.74 Å². The lowest BCUT2D eigenvalue weighted by Gasteiger charge is -2.09. The molecule has 2 aromatic carbocycles. The Morgan fingerprint density at radius 1 is 0.733 bits per heavy atom. The Kier molecular flexibility index (Phi) is 9.85. The highest BCUT2D eigenvalue weighted by Gasteiger charge is 2.21. The quantitative estimate of drug-likeness (QED) is 0.238. The van der Waals surface area contributed by atoms with Gasteiger partial charge in [0.15, 0.2) is 0 Å². The maximum absolute atomic E-state index is 12.2. The van der Waals surface area contributed by atoms with Gasteiger partial charge in [0.25, 0.3) is 0 Å². The molecule has 2 nitrogen and oxygen atoms in total. The van der Waals surface area contributed by atoms with Crippen LogP contribution in [0.25, 0.3) is 5.76 Å². The van der Waals surface area contributed by atoms with Crippen LogP contribution in [-0.2, 0) is 11.0 Å². The van der Waals surface area contributed by atoms with Crippen molar-refractivity contribution < 1.29 is 9.29 Å². The van der Waals surface area contributed by atoms with Crippen molar-refractivity contribution in [1.29, 1.82) is 0 Å². The summed E-state index contributed by atoms with van der Waals surface area (Å²) >= 11 is -1.48. The first-order valence-corrected chi connectivity index (χ1v) is 13.1. The molecule has 1 atom stereocenters. The molecule has 3 rings (SSSR count). The molecule has 1 aliphatic heterocycles. The number of thiol groups is 1. The molecule has 0 saturated carbocycles. The number of benzene rings is 2. The van der Waals surface area contributed by atoms with Gasteiger partial charge in [0.2, 0.25) is 0 Å². The summed E-state index contributed by atoms with van der Waals surface area (Å²) in [5.41, 5.74) is 2.31. The second-order valence-corrected chi connectivity index (χ2v) is 9.76. The molecular formula is C27H37O2S. The molecule has 0 aromatic heterocycles. The smallest absolute Gasteiger partial charge is 0.142 e. The van der Waals surface area contributed by atoms with E-state index in [1.54, 1.807) is 5.41 Å². The van der Waals surface area contributed by atoms with Crippen molar-refractivity contribution in [1.82, 2.24) is 0 Å². The Morgan fingerprint density at radius 3 is 2.00 bits per heavy atom. The van der Waals surface area contributed by atoms with Gasteiger partial charge >= 0.3 is 0 Å². The Balaban J connectivity index is 1.30. The number of unbranched alkanes of at least 4 members (excludes halogenated alkanes) is 10. The molecule has 1 aliphatic rings. The highest BCUT2D eigenvalue weighted by atomic mass is 32.2. The fourth-order valence-electron chi connectivity index (χ4n) is 4.05. The summed E-state index contributed by atoms with van der Waals surface area (Å²) in [7, 11) is 0. The summed E-state index contributed by atoms with van der Waals surface area (Å²) in [4.78, 5) is 0.871. The van der Waals surface area contributed by atoms with Crippen molar-refractivity contribution in [2.45, 2.75) is 88.9 Å². The van der Waals surface area contributed by atoms with Crippen molar-refractivity contribution in [2.24, 2.45) is 0 Å². The predicted molar refractivity (Wildman–Crippen MR) is 130 cm³/mol. The summed E-state index contributed by atoms with van der Waals surface area (Å²) in [6.45, 7) is 2.28. The van der Waals surface area contributed by atoms with Gasteiger partial charge in [-0.2, -0.15) is 4.55 Å². The summed E-state index contributed by atoms with van der Waals surface area (Å²) in [6.07, 6.45) is 16.3. The molecule has 163 valence electrons. The molecule has 0 N–H and O–H groups in total. The Labute approximate surface area is 185 Å². The van der Waals surface area contributed by atoms with Crippen molar-refractivity contribution in [3.63, 3.8) is 0 Å². The number of ether oxygens (including phenoxy) is 1. The Hall–Kier alpha value is -1.71. The molecule has 0 spiro atoms. The lowest BCUT2D eigenvalue weighted by atomic mass is 10.0. The fraction of sp³-hybridized carbons (Fsp3) is 0.481. The minimum absolute atomic E-state index is 0.713. The molecule has 2 aromatic rings. The molecule has 0 bridgehead atoms. The highest BCUT2D eigenvalue weighted by molar-refractivity contribution is 8.15. The van der Waals surface area contributed by atoms with Crippen molar-refractivity contribution in [3.8, 4) is 5.75 Å². The van der Waals surface area contributed by atoms with E-state index in [1.165, 1.54) is 76.2 Å². The van der Waals surface area contributed by atoms with Crippen molar-refractivity contribution in [3.05, 3.63) is 65.1 Å². The van der Waals surface area contributed by atoms with Crippen LogP contribution < -0.4 is 4.74 Å². The molecule has 0 amide bonds. The van der Waals surface area contributed by atoms with Crippen molar-refractivity contribution >= 4 is 16.9 Å². The number of aryl methyl sites for hydroxylation is 1. The van der Waals surface area contributed by atoms with E-state index in [0.717, 1.165) is 22.6 Å². The summed E-state index contributed by atoms with van der Waals surface area (Å²) in [5.74, 6) is 1.52. The third-order valence-electron chi connectivity index (χ3n) is 5.86. The maximum atomic E-state index is 12.2. The maximum Gasteiger partial charge on any atom is 0.142 e. The monoisotopic (exact) mass is 425 g/mol. The zero-order valence-corrected chi connectivity index (χ0v) is 19.3. The van der Waals surface area contributed by atoms with E-state index < -0.39 is 11.2 Å². The average molecular weight is 426 g/mol. The average Bonchev–Trinajstić information content (AvgIpc) is 3.09. The van der Waals surface area contributed by atoms with E-state index in [9.17, 15) is 4.55 Å². The van der Waals surface area contributed by atoms with Gasteiger partial charge in [-0.05, 0) is 36.6 Å². The first-order chi connectivity index (χ1) is 14.8. The second-order valence-electron chi connectivity index (χ2n) is 8.37. The Bertz CT molecular complexity index is 782. The zero-order valence-electron chi connectivity index (χ0n) is 18.4. The fourth-order valence-corrected chi connectivity index (χ4v) is 5.24. The molecule has 1 unspecified atom stereocenters. The van der Waals surface area contributed by atoms with E-state index >= 15 is 0 Å². The van der Waals surface area contributed by atoms with Crippen LogP contribution in [-0.4, -0.2) is 0 Å². The lowest BCUT2D eigenvalue weighted by molar-refractivity contribution is 0.514. The van der Waals surface area contributed by atoms with E-state index in [2.05, 4.69) is 19.1 Å².